The van der Waals surface area contributed by atoms with Crippen LogP contribution < -0.4 is 9.47 Å². The van der Waals surface area contributed by atoms with E-state index in [1.54, 1.807) is 26.8 Å². The summed E-state index contributed by atoms with van der Waals surface area (Å²) in [6.07, 6.45) is -5.22. The first kappa shape index (κ1) is 25.9. The van der Waals surface area contributed by atoms with Crippen molar-refractivity contribution in [3.63, 3.8) is 0 Å². The lowest BCUT2D eigenvalue weighted by Crippen LogP contribution is -2.39. The number of rotatable bonds is 10. The number of benzene rings is 2. The zero-order valence-corrected chi connectivity index (χ0v) is 19.2. The van der Waals surface area contributed by atoms with Gasteiger partial charge < -0.3 is 19.3 Å². The Bertz CT molecular complexity index is 897. The molecule has 0 aliphatic rings. The number of esters is 1. The molecule has 176 valence electrons. The van der Waals surface area contributed by atoms with Gasteiger partial charge >= 0.3 is 12.1 Å². The van der Waals surface area contributed by atoms with Crippen LogP contribution in [0.5, 0.6) is 11.5 Å². The third kappa shape index (κ3) is 7.63. The van der Waals surface area contributed by atoms with Crippen molar-refractivity contribution < 1.29 is 37.3 Å². The molecule has 0 heterocycles. The van der Waals surface area contributed by atoms with Crippen LogP contribution in [0.25, 0.3) is 0 Å². The lowest BCUT2D eigenvalue weighted by Gasteiger charge is -2.25. The highest BCUT2D eigenvalue weighted by molar-refractivity contribution is 7.99. The van der Waals surface area contributed by atoms with Gasteiger partial charge in [0.2, 0.25) is 0 Å². The first-order valence-electron chi connectivity index (χ1n) is 10.00. The van der Waals surface area contributed by atoms with Crippen LogP contribution in [0.1, 0.15) is 31.9 Å². The van der Waals surface area contributed by atoms with Gasteiger partial charge in [0.25, 0.3) is 0 Å². The average molecular weight is 473 g/mol. The van der Waals surface area contributed by atoms with E-state index in [0.29, 0.717) is 11.5 Å². The van der Waals surface area contributed by atoms with Gasteiger partial charge in [-0.25, -0.2) is 4.79 Å². The quantitative estimate of drug-likeness (QED) is 0.376. The Balaban J connectivity index is 1.85. The van der Waals surface area contributed by atoms with Gasteiger partial charge in [0.15, 0.2) is 5.60 Å². The van der Waals surface area contributed by atoms with Crippen LogP contribution in [0.3, 0.4) is 0 Å². The number of alkyl halides is 3. The molecule has 0 fully saturated rings. The minimum Gasteiger partial charge on any atom is -0.491 e. The summed E-state index contributed by atoms with van der Waals surface area (Å²) in [5.74, 6) is 0.686. The maximum Gasteiger partial charge on any atom is 0.416 e. The number of aryl methyl sites for hydroxylation is 1. The molecular weight excluding hydrogens is 445 g/mol. The van der Waals surface area contributed by atoms with Gasteiger partial charge in [-0.1, -0.05) is 0 Å². The van der Waals surface area contributed by atoms with Gasteiger partial charge in [0.1, 0.15) is 18.1 Å². The van der Waals surface area contributed by atoms with Crippen molar-refractivity contribution >= 4 is 17.7 Å². The molecule has 0 aromatic heterocycles. The molecule has 0 spiro atoms. The van der Waals surface area contributed by atoms with Crippen LogP contribution in [-0.4, -0.2) is 41.7 Å². The molecule has 9 heteroatoms. The monoisotopic (exact) mass is 472 g/mol. The summed E-state index contributed by atoms with van der Waals surface area (Å²) in [5, 5.41) is 10.1. The number of thioether (sulfide) groups is 1. The van der Waals surface area contributed by atoms with Gasteiger partial charge in [-0.3, -0.25) is 0 Å². The van der Waals surface area contributed by atoms with E-state index in [2.05, 4.69) is 0 Å². The third-order valence-electron chi connectivity index (χ3n) is 4.34. The van der Waals surface area contributed by atoms with Crippen LogP contribution in [0, 0.1) is 6.92 Å². The van der Waals surface area contributed by atoms with Gasteiger partial charge in [0, 0.05) is 10.6 Å². The summed E-state index contributed by atoms with van der Waals surface area (Å²) < 4.78 is 54.0. The van der Waals surface area contributed by atoms with E-state index in [-0.39, 0.29) is 19.0 Å². The van der Waals surface area contributed by atoms with E-state index in [9.17, 15) is 23.1 Å². The average Bonchev–Trinajstić information content (AvgIpc) is 2.72. The van der Waals surface area contributed by atoms with Crippen LogP contribution in [0.4, 0.5) is 13.2 Å². The first-order chi connectivity index (χ1) is 14.9. The van der Waals surface area contributed by atoms with Gasteiger partial charge in [-0.2, -0.15) is 13.2 Å². The number of aliphatic hydroxyl groups excluding tert-OH is 1. The molecule has 1 N–H and O–H groups in total. The summed E-state index contributed by atoms with van der Waals surface area (Å²) in [6.45, 7) is 7.08. The second kappa shape index (κ2) is 11.0. The van der Waals surface area contributed by atoms with Crippen molar-refractivity contribution in [2.45, 2.75) is 50.5 Å². The van der Waals surface area contributed by atoms with E-state index < -0.39 is 29.4 Å². The van der Waals surface area contributed by atoms with Crippen LogP contribution in [0.15, 0.2) is 47.4 Å². The summed E-state index contributed by atoms with van der Waals surface area (Å²) in [7, 11) is 0. The Kier molecular flexibility index (Phi) is 8.86. The Morgan fingerprint density at radius 2 is 1.78 bits per heavy atom. The summed E-state index contributed by atoms with van der Waals surface area (Å²) in [4.78, 5) is 12.9. The molecule has 0 aliphatic heterocycles. The van der Waals surface area contributed by atoms with Crippen LogP contribution in [0.2, 0.25) is 0 Å². The molecule has 0 amide bonds. The van der Waals surface area contributed by atoms with E-state index in [1.165, 1.54) is 23.9 Å². The number of carbonyl (C=O) groups is 1. The molecule has 1 atom stereocenters. The molecule has 0 radical (unpaired) electrons. The van der Waals surface area contributed by atoms with Crippen molar-refractivity contribution in [3.8, 4) is 11.5 Å². The van der Waals surface area contributed by atoms with Gasteiger partial charge in [-0.15, -0.1) is 11.8 Å². The van der Waals surface area contributed by atoms with Crippen LogP contribution >= 0.6 is 11.8 Å². The Labute approximate surface area is 189 Å². The van der Waals surface area contributed by atoms with E-state index >= 15 is 0 Å². The number of ether oxygens (including phenoxy) is 3. The first-order valence-corrected chi connectivity index (χ1v) is 11.0. The summed E-state index contributed by atoms with van der Waals surface area (Å²) >= 11 is 1.40. The largest absolute Gasteiger partial charge is 0.491 e. The molecule has 0 aliphatic carbocycles. The Hall–Kier alpha value is -2.39. The maximum atomic E-state index is 12.6. The number of aliphatic hydroxyl groups is 1. The fraction of sp³-hybridized carbons (Fsp3) is 0.435. The van der Waals surface area contributed by atoms with E-state index in [4.69, 9.17) is 14.2 Å². The highest BCUT2D eigenvalue weighted by Gasteiger charge is 2.32. The minimum absolute atomic E-state index is 0.0493. The predicted molar refractivity (Wildman–Crippen MR) is 116 cm³/mol. The molecule has 0 saturated carbocycles. The van der Waals surface area contributed by atoms with Gasteiger partial charge in [0.05, 0.1) is 18.3 Å². The molecule has 0 bridgehead atoms. The van der Waals surface area contributed by atoms with Crippen molar-refractivity contribution in [3.05, 3.63) is 53.6 Å². The lowest BCUT2D eigenvalue weighted by atomic mass is 10.1. The highest BCUT2D eigenvalue weighted by Crippen LogP contribution is 2.31. The zero-order valence-electron chi connectivity index (χ0n) is 18.4. The standard InChI is InChI=1S/C23H27F3O5S/c1-5-29-21(28)22(3,4)31-20-11-10-19(12-15(20)2)32-14-17(27)13-30-18-8-6-16(7-9-18)23(24,25)26/h6-12,17,27H,5,13-14H2,1-4H3. The van der Waals surface area contributed by atoms with Crippen molar-refractivity contribution in [1.82, 2.24) is 0 Å². The molecule has 5 nitrogen and oxygen atoms in total. The Morgan fingerprint density at radius 3 is 2.34 bits per heavy atom. The Morgan fingerprint density at radius 1 is 1.12 bits per heavy atom. The lowest BCUT2D eigenvalue weighted by molar-refractivity contribution is -0.158. The van der Waals surface area contributed by atoms with Gasteiger partial charge in [-0.05, 0) is 75.7 Å². The minimum atomic E-state index is -4.40. The van der Waals surface area contributed by atoms with Crippen LogP contribution in [-0.2, 0) is 15.7 Å². The van der Waals surface area contributed by atoms with E-state index in [1.807, 2.05) is 19.1 Å². The molecule has 2 rings (SSSR count). The van der Waals surface area contributed by atoms with Crippen molar-refractivity contribution in [2.24, 2.45) is 0 Å². The fourth-order valence-electron chi connectivity index (χ4n) is 2.62. The molecule has 0 saturated heterocycles. The number of carbonyl (C=O) groups excluding carboxylic acids is 1. The summed E-state index contributed by atoms with van der Waals surface area (Å²) in [6, 6.07) is 9.77. The molecular formula is C23H27F3O5S. The number of hydrogen-bond acceptors (Lipinski definition) is 6. The molecule has 32 heavy (non-hydrogen) atoms. The molecule has 2 aromatic carbocycles. The topological polar surface area (TPSA) is 65.0 Å². The zero-order chi connectivity index (χ0) is 23.9. The number of halogens is 3. The smallest absolute Gasteiger partial charge is 0.416 e. The fourth-order valence-corrected chi connectivity index (χ4v) is 3.53. The second-order valence-electron chi connectivity index (χ2n) is 7.56. The maximum absolute atomic E-state index is 12.6. The second-order valence-corrected chi connectivity index (χ2v) is 8.65. The highest BCUT2D eigenvalue weighted by atomic mass is 32.2. The summed E-state index contributed by atoms with van der Waals surface area (Å²) in [5.41, 5.74) is -1.06. The molecule has 2 aromatic rings. The third-order valence-corrected chi connectivity index (χ3v) is 5.48. The van der Waals surface area contributed by atoms with Crippen molar-refractivity contribution in [2.75, 3.05) is 19.0 Å². The number of hydrogen-bond donors (Lipinski definition) is 1. The predicted octanol–water partition coefficient (Wildman–Crippen LogP) is 5.27. The SMILES string of the molecule is CCOC(=O)C(C)(C)Oc1ccc(SCC(O)COc2ccc(C(F)(F)F)cc2)cc1C. The normalized spacial score (nSPS) is 12.9. The van der Waals surface area contributed by atoms with Crippen molar-refractivity contribution in [1.29, 1.82) is 0 Å². The van der Waals surface area contributed by atoms with E-state index in [0.717, 1.165) is 22.6 Å². The molecule has 1 unspecified atom stereocenters.